The number of amides is 2. The lowest BCUT2D eigenvalue weighted by atomic mass is 10.2. The summed E-state index contributed by atoms with van der Waals surface area (Å²) in [6.07, 6.45) is -1.87. The van der Waals surface area contributed by atoms with E-state index in [0.717, 1.165) is 10.9 Å². The van der Waals surface area contributed by atoms with Crippen molar-refractivity contribution in [3.05, 3.63) is 52.5 Å². The maximum atomic E-state index is 13.2. The number of urea groups is 1. The van der Waals surface area contributed by atoms with Crippen molar-refractivity contribution in [2.24, 2.45) is 0 Å². The molecule has 0 saturated heterocycles. The Hall–Kier alpha value is -4.56. The van der Waals surface area contributed by atoms with Crippen molar-refractivity contribution in [2.75, 3.05) is 11.9 Å². The molecule has 4 aromatic heterocycles. The van der Waals surface area contributed by atoms with Gasteiger partial charge in [-0.05, 0) is 19.9 Å². The number of carbonyl (C=O) groups is 1. The van der Waals surface area contributed by atoms with Crippen LogP contribution in [-0.2, 0) is 6.18 Å². The molecular formula is C19H16F3N9O3. The minimum atomic E-state index is -4.61. The van der Waals surface area contributed by atoms with E-state index in [1.807, 2.05) is 0 Å². The predicted octanol–water partition coefficient (Wildman–Crippen LogP) is 2.54. The van der Waals surface area contributed by atoms with Crippen LogP contribution in [0.15, 0.2) is 39.9 Å². The molecule has 0 aliphatic carbocycles. The molecule has 12 nitrogen and oxygen atoms in total. The highest BCUT2D eigenvalue weighted by Crippen LogP contribution is 2.32. The second-order valence-corrected chi connectivity index (χ2v) is 6.88. The summed E-state index contributed by atoms with van der Waals surface area (Å²) in [5, 5.41) is 14.7. The van der Waals surface area contributed by atoms with E-state index >= 15 is 0 Å². The molecule has 0 unspecified atom stereocenters. The molecule has 34 heavy (non-hydrogen) atoms. The average Bonchev–Trinajstić information content (AvgIpc) is 3.43. The van der Waals surface area contributed by atoms with Crippen LogP contribution < -0.4 is 16.4 Å². The van der Waals surface area contributed by atoms with Gasteiger partial charge in [-0.1, -0.05) is 0 Å². The van der Waals surface area contributed by atoms with Crippen LogP contribution >= 0.6 is 0 Å². The van der Waals surface area contributed by atoms with Gasteiger partial charge in [-0.25, -0.2) is 34.3 Å². The van der Waals surface area contributed by atoms with Gasteiger partial charge in [0.2, 0.25) is 0 Å². The van der Waals surface area contributed by atoms with E-state index < -0.39 is 23.5 Å². The smallest absolute Gasteiger partial charge is 0.386 e. The number of hydrogen-bond donors (Lipinski definition) is 3. The molecule has 0 atom stereocenters. The Morgan fingerprint density at radius 1 is 1.24 bits per heavy atom. The van der Waals surface area contributed by atoms with Gasteiger partial charge in [0.1, 0.15) is 11.5 Å². The standard InChI is InChI=1S/C19H16F3N9O3/c1-3-23-17(32)28-14-5-13(31-8-10(6-25-31)19(20,21)22)11(7-24-14)15-26-9(2)4-12(27-15)16-29-30-18(33)34-16/h4-8H,3H2,1-2H3,(H,30,33)(H2,23,24,28,32). The number of H-pyrrole nitrogens is 1. The fourth-order valence-corrected chi connectivity index (χ4v) is 2.93. The highest BCUT2D eigenvalue weighted by atomic mass is 19.4. The Labute approximate surface area is 188 Å². The molecule has 0 aliphatic heterocycles. The largest absolute Gasteiger partial charge is 0.434 e. The van der Waals surface area contributed by atoms with Gasteiger partial charge in [0.05, 0.1) is 23.0 Å². The van der Waals surface area contributed by atoms with Crippen LogP contribution in [0.25, 0.3) is 28.7 Å². The number of aromatic nitrogens is 7. The Morgan fingerprint density at radius 3 is 2.68 bits per heavy atom. The minimum absolute atomic E-state index is 0.0526. The lowest BCUT2D eigenvalue weighted by Crippen LogP contribution is -2.28. The van der Waals surface area contributed by atoms with Crippen LogP contribution in [0, 0.1) is 6.92 Å². The quantitative estimate of drug-likeness (QED) is 0.398. The first-order valence-corrected chi connectivity index (χ1v) is 9.73. The van der Waals surface area contributed by atoms with Gasteiger partial charge in [-0.3, -0.25) is 5.32 Å². The van der Waals surface area contributed by atoms with E-state index in [4.69, 9.17) is 4.42 Å². The first-order chi connectivity index (χ1) is 16.1. The van der Waals surface area contributed by atoms with Crippen LogP contribution in [0.1, 0.15) is 18.2 Å². The van der Waals surface area contributed by atoms with Gasteiger partial charge in [-0.15, -0.1) is 5.10 Å². The first kappa shape index (κ1) is 22.6. The van der Waals surface area contributed by atoms with Crippen LogP contribution in [0.3, 0.4) is 0 Å². The summed E-state index contributed by atoms with van der Waals surface area (Å²) in [4.78, 5) is 36.0. The molecular weight excluding hydrogens is 459 g/mol. The van der Waals surface area contributed by atoms with Gasteiger partial charge in [0.15, 0.2) is 5.82 Å². The van der Waals surface area contributed by atoms with Gasteiger partial charge >= 0.3 is 18.0 Å². The van der Waals surface area contributed by atoms with Gasteiger partial charge in [-0.2, -0.15) is 18.3 Å². The minimum Gasteiger partial charge on any atom is -0.386 e. The average molecular weight is 475 g/mol. The van der Waals surface area contributed by atoms with E-state index in [0.29, 0.717) is 18.4 Å². The van der Waals surface area contributed by atoms with Gasteiger partial charge in [0, 0.05) is 30.7 Å². The number of halogens is 3. The van der Waals surface area contributed by atoms with Crippen molar-refractivity contribution in [1.82, 2.24) is 40.2 Å². The zero-order chi connectivity index (χ0) is 24.5. The van der Waals surface area contributed by atoms with Crippen LogP contribution in [0.5, 0.6) is 0 Å². The fourth-order valence-electron chi connectivity index (χ4n) is 2.93. The zero-order valence-corrected chi connectivity index (χ0v) is 17.6. The number of nitrogens with zero attached hydrogens (tertiary/aromatic N) is 6. The summed E-state index contributed by atoms with van der Waals surface area (Å²) in [6.45, 7) is 3.72. The van der Waals surface area contributed by atoms with Gasteiger partial charge < -0.3 is 9.73 Å². The van der Waals surface area contributed by atoms with Crippen molar-refractivity contribution >= 4 is 11.8 Å². The number of alkyl halides is 3. The number of rotatable bonds is 5. The molecule has 0 saturated carbocycles. The Bertz CT molecular complexity index is 1410. The summed E-state index contributed by atoms with van der Waals surface area (Å²) >= 11 is 0. The van der Waals surface area contributed by atoms with E-state index in [-0.39, 0.29) is 34.5 Å². The first-order valence-electron chi connectivity index (χ1n) is 9.73. The van der Waals surface area contributed by atoms with Crippen LogP contribution in [-0.4, -0.2) is 47.5 Å². The van der Waals surface area contributed by atoms with E-state index in [9.17, 15) is 22.8 Å². The van der Waals surface area contributed by atoms with E-state index in [1.165, 1.54) is 18.3 Å². The molecule has 4 heterocycles. The normalized spacial score (nSPS) is 11.4. The van der Waals surface area contributed by atoms with Crippen LogP contribution in [0.4, 0.5) is 23.8 Å². The Morgan fingerprint density at radius 2 is 2.03 bits per heavy atom. The SMILES string of the molecule is CCNC(=O)Nc1cc(-n2cc(C(F)(F)F)cn2)c(-c2nc(C)cc(-c3n[nH]c(=O)o3)n2)cn1. The topological polar surface area (TPSA) is 157 Å². The molecule has 2 amide bonds. The maximum Gasteiger partial charge on any atom is 0.434 e. The molecule has 15 heteroatoms. The Kier molecular flexibility index (Phi) is 5.83. The lowest BCUT2D eigenvalue weighted by Gasteiger charge is -2.12. The molecule has 0 spiro atoms. The van der Waals surface area contributed by atoms with Crippen molar-refractivity contribution in [2.45, 2.75) is 20.0 Å². The van der Waals surface area contributed by atoms with Gasteiger partial charge in [0.25, 0.3) is 5.89 Å². The number of anilines is 1. The van der Waals surface area contributed by atoms with Crippen molar-refractivity contribution in [3.63, 3.8) is 0 Å². The number of aryl methyl sites for hydroxylation is 1. The van der Waals surface area contributed by atoms with Crippen molar-refractivity contribution < 1.29 is 22.4 Å². The molecule has 0 aliphatic rings. The second-order valence-electron chi connectivity index (χ2n) is 6.88. The third kappa shape index (κ3) is 4.77. The predicted molar refractivity (Wildman–Crippen MR) is 111 cm³/mol. The third-order valence-electron chi connectivity index (χ3n) is 4.37. The number of hydrogen-bond acceptors (Lipinski definition) is 8. The number of pyridine rings is 1. The lowest BCUT2D eigenvalue weighted by molar-refractivity contribution is -0.137. The van der Waals surface area contributed by atoms with Crippen molar-refractivity contribution in [3.8, 4) is 28.7 Å². The molecule has 0 radical (unpaired) electrons. The van der Waals surface area contributed by atoms with E-state index in [2.05, 4.69) is 40.9 Å². The number of nitrogens with one attached hydrogen (secondary N) is 3. The highest BCUT2D eigenvalue weighted by molar-refractivity contribution is 5.89. The molecule has 3 N–H and O–H groups in total. The maximum absolute atomic E-state index is 13.2. The third-order valence-corrected chi connectivity index (χ3v) is 4.37. The van der Waals surface area contributed by atoms with Crippen LogP contribution in [0.2, 0.25) is 0 Å². The zero-order valence-electron chi connectivity index (χ0n) is 17.6. The fraction of sp³-hybridized carbons (Fsp3) is 0.211. The molecule has 0 fully saturated rings. The monoisotopic (exact) mass is 475 g/mol. The summed E-state index contributed by atoms with van der Waals surface area (Å²) in [7, 11) is 0. The summed E-state index contributed by atoms with van der Waals surface area (Å²) in [5.41, 5.74) is -0.0542. The summed E-state index contributed by atoms with van der Waals surface area (Å²) in [5.74, 6) is -0.775. The highest BCUT2D eigenvalue weighted by Gasteiger charge is 2.32. The van der Waals surface area contributed by atoms with Crippen molar-refractivity contribution in [1.29, 1.82) is 0 Å². The molecule has 4 rings (SSSR count). The molecule has 176 valence electrons. The summed E-state index contributed by atoms with van der Waals surface area (Å²) in [6, 6.07) is 2.29. The van der Waals surface area contributed by atoms with E-state index in [1.54, 1.807) is 13.8 Å². The number of aromatic amines is 1. The second kappa shape index (κ2) is 8.76. The summed E-state index contributed by atoms with van der Waals surface area (Å²) < 4.78 is 45.4. The number of carbonyl (C=O) groups excluding carboxylic acids is 1. The molecule has 0 bridgehead atoms. The molecule has 4 aromatic rings. The Balaban J connectivity index is 1.85. The molecule has 0 aromatic carbocycles.